The van der Waals surface area contributed by atoms with E-state index in [2.05, 4.69) is 19.8 Å². The highest BCUT2D eigenvalue weighted by Crippen LogP contribution is 2.24. The number of ether oxygens (including phenoxy) is 1. The number of benzene rings is 2. The van der Waals surface area contributed by atoms with E-state index >= 15 is 0 Å². The summed E-state index contributed by atoms with van der Waals surface area (Å²) in [7, 11) is 0. The lowest BCUT2D eigenvalue weighted by Crippen LogP contribution is -2.46. The summed E-state index contributed by atoms with van der Waals surface area (Å²) in [5, 5.41) is 28.3. The van der Waals surface area contributed by atoms with Crippen molar-refractivity contribution in [1.82, 2.24) is 24.4 Å². The molecule has 0 bridgehead atoms. The number of aliphatic hydroxyl groups excluding tert-OH is 1. The quantitative estimate of drug-likeness (QED) is 0.254. The lowest BCUT2D eigenvalue weighted by atomic mass is 10.1. The van der Waals surface area contributed by atoms with Gasteiger partial charge in [0.1, 0.15) is 36.9 Å². The number of oxazole rings is 1. The molecular weight excluding hydrogens is 541 g/mol. The first-order valence-electron chi connectivity index (χ1n) is 13.5. The maximum atomic E-state index is 14.2. The van der Waals surface area contributed by atoms with E-state index in [1.165, 1.54) is 12.3 Å². The molecule has 6 rings (SSSR count). The highest BCUT2D eigenvalue weighted by atomic mass is 19.1. The third-order valence-electron chi connectivity index (χ3n) is 7.25. The van der Waals surface area contributed by atoms with Gasteiger partial charge < -0.3 is 28.8 Å². The Morgan fingerprint density at radius 3 is 2.62 bits per heavy atom. The monoisotopic (exact) mass is 569 g/mol. The summed E-state index contributed by atoms with van der Waals surface area (Å²) in [5.74, 6) is 2.04. The Morgan fingerprint density at radius 1 is 1.02 bits per heavy atom. The summed E-state index contributed by atoms with van der Waals surface area (Å²) < 4.78 is 27.5. The number of nitrogens with zero attached hydrogens (tertiary/aromatic N) is 7. The fraction of sp³-hybridized carbons (Fsp3) is 0.267. The number of piperazine rings is 1. The van der Waals surface area contributed by atoms with Crippen molar-refractivity contribution in [2.75, 3.05) is 31.1 Å². The van der Waals surface area contributed by atoms with Crippen LogP contribution in [-0.4, -0.2) is 60.8 Å². The van der Waals surface area contributed by atoms with Crippen molar-refractivity contribution in [1.29, 1.82) is 5.26 Å². The second-order valence-corrected chi connectivity index (χ2v) is 9.97. The Kier molecular flexibility index (Phi) is 7.78. The average Bonchev–Trinajstić information content (AvgIpc) is 3.65. The normalized spacial score (nSPS) is 14.0. The summed E-state index contributed by atoms with van der Waals surface area (Å²) in [4.78, 5) is 18.2. The van der Waals surface area contributed by atoms with Gasteiger partial charge in [-0.15, -0.1) is 0 Å². The van der Waals surface area contributed by atoms with Crippen LogP contribution in [0.3, 0.4) is 0 Å². The first-order valence-corrected chi connectivity index (χ1v) is 13.5. The van der Waals surface area contributed by atoms with Crippen LogP contribution in [0, 0.1) is 17.1 Å². The molecule has 1 aliphatic rings. The number of nitriles is 1. The van der Waals surface area contributed by atoms with E-state index in [4.69, 9.17) is 19.4 Å². The van der Waals surface area contributed by atoms with Gasteiger partial charge >= 0.3 is 0 Å². The molecule has 214 valence electrons. The second kappa shape index (κ2) is 12.0. The van der Waals surface area contributed by atoms with Crippen molar-refractivity contribution in [3.63, 3.8) is 0 Å². The zero-order chi connectivity index (χ0) is 29.1. The molecule has 0 saturated carbocycles. The van der Waals surface area contributed by atoms with E-state index < -0.39 is 12.1 Å². The third-order valence-corrected chi connectivity index (χ3v) is 7.25. The fourth-order valence-electron chi connectivity index (χ4n) is 4.99. The molecule has 0 atom stereocenters. The van der Waals surface area contributed by atoms with Crippen LogP contribution < -0.4 is 9.64 Å². The Morgan fingerprint density at radius 2 is 1.88 bits per heavy atom. The van der Waals surface area contributed by atoms with E-state index in [0.29, 0.717) is 36.0 Å². The first-order chi connectivity index (χ1) is 20.5. The number of fused-ring (bicyclic) bond motifs is 1. The minimum Gasteiger partial charge on any atom is -0.473 e. The van der Waals surface area contributed by atoms with Gasteiger partial charge in [-0.25, -0.2) is 14.4 Å². The molecule has 0 aliphatic carbocycles. The van der Waals surface area contributed by atoms with Crippen LogP contribution in [-0.2, 0) is 19.7 Å². The molecule has 11 nitrogen and oxygen atoms in total. The summed E-state index contributed by atoms with van der Waals surface area (Å²) >= 11 is 0. The predicted octanol–water partition coefficient (Wildman–Crippen LogP) is 3.36. The number of imidazole rings is 1. The fourth-order valence-corrected chi connectivity index (χ4v) is 4.99. The number of anilines is 1. The van der Waals surface area contributed by atoms with Gasteiger partial charge in [0.2, 0.25) is 11.8 Å². The largest absolute Gasteiger partial charge is 0.473 e. The van der Waals surface area contributed by atoms with E-state index in [9.17, 15) is 14.6 Å². The summed E-state index contributed by atoms with van der Waals surface area (Å²) in [6.07, 6.45) is 1.54. The number of pyridine rings is 1. The molecule has 42 heavy (non-hydrogen) atoms. The van der Waals surface area contributed by atoms with Gasteiger partial charge in [-0.3, -0.25) is 4.90 Å². The number of halogens is 1. The minimum atomic E-state index is -1.58. The van der Waals surface area contributed by atoms with Crippen molar-refractivity contribution < 1.29 is 23.8 Å². The van der Waals surface area contributed by atoms with Crippen LogP contribution in [0.25, 0.3) is 11.0 Å². The van der Waals surface area contributed by atoms with Crippen LogP contribution in [0.5, 0.6) is 5.88 Å². The standard InChI is InChI=1S/C30H28FN7O4/c31-23-14-20(16-32)4-5-22(23)19-42-28-3-1-2-26(35-28)37-11-9-36(10-12-37)17-27-34-24-7-6-21(30(39)40)15-25(24)38(27)18-29-33-8-13-41-29/h1-8,13-15,30,39-40H,9-12,17-19H2. The second-order valence-electron chi connectivity index (χ2n) is 9.97. The van der Waals surface area contributed by atoms with Crippen molar-refractivity contribution >= 4 is 16.9 Å². The molecule has 0 unspecified atom stereocenters. The van der Waals surface area contributed by atoms with Gasteiger partial charge in [0, 0.05) is 43.4 Å². The van der Waals surface area contributed by atoms with Crippen molar-refractivity contribution in [2.24, 2.45) is 0 Å². The zero-order valence-electron chi connectivity index (χ0n) is 22.6. The molecule has 5 aromatic rings. The zero-order valence-corrected chi connectivity index (χ0v) is 22.6. The number of hydrogen-bond acceptors (Lipinski definition) is 10. The topological polar surface area (TPSA) is 137 Å². The molecule has 2 N–H and O–H groups in total. The molecule has 1 fully saturated rings. The van der Waals surface area contributed by atoms with E-state index in [1.54, 1.807) is 42.6 Å². The lowest BCUT2D eigenvalue weighted by molar-refractivity contribution is -0.0424. The Hall–Kier alpha value is -4.83. The van der Waals surface area contributed by atoms with Gasteiger partial charge in [-0.05, 0) is 30.3 Å². The molecule has 4 heterocycles. The van der Waals surface area contributed by atoms with Crippen LogP contribution >= 0.6 is 0 Å². The summed E-state index contributed by atoms with van der Waals surface area (Å²) in [6.45, 7) is 3.98. The molecule has 0 amide bonds. The average molecular weight is 570 g/mol. The molecule has 0 spiro atoms. The Labute approximate surface area is 240 Å². The molecule has 3 aromatic heterocycles. The first kappa shape index (κ1) is 27.3. The predicted molar refractivity (Wildman–Crippen MR) is 150 cm³/mol. The minimum absolute atomic E-state index is 0.00899. The van der Waals surface area contributed by atoms with Crippen molar-refractivity contribution in [3.8, 4) is 11.9 Å². The van der Waals surface area contributed by atoms with Crippen molar-refractivity contribution in [3.05, 3.63) is 101 Å². The van der Waals surface area contributed by atoms with Crippen LogP contribution in [0.15, 0.2) is 71.5 Å². The Balaban J connectivity index is 1.12. The molecular formula is C30H28FN7O4. The van der Waals surface area contributed by atoms with Gasteiger partial charge in [0.05, 0.1) is 35.4 Å². The number of aliphatic hydroxyl groups is 2. The van der Waals surface area contributed by atoms with Gasteiger partial charge in [-0.1, -0.05) is 18.2 Å². The van der Waals surface area contributed by atoms with Gasteiger partial charge in [-0.2, -0.15) is 10.2 Å². The number of hydrogen-bond donors (Lipinski definition) is 2. The number of rotatable bonds is 9. The molecule has 1 saturated heterocycles. The lowest BCUT2D eigenvalue weighted by Gasteiger charge is -2.35. The van der Waals surface area contributed by atoms with Gasteiger partial charge in [0.25, 0.3) is 0 Å². The molecule has 0 radical (unpaired) electrons. The molecule has 1 aliphatic heterocycles. The van der Waals surface area contributed by atoms with E-state index in [0.717, 1.165) is 48.9 Å². The maximum Gasteiger partial charge on any atom is 0.215 e. The number of aromatic nitrogens is 4. The Bertz CT molecular complexity index is 1720. The maximum absolute atomic E-state index is 14.2. The highest BCUT2D eigenvalue weighted by Gasteiger charge is 2.22. The van der Waals surface area contributed by atoms with E-state index in [1.807, 2.05) is 22.8 Å². The highest BCUT2D eigenvalue weighted by molar-refractivity contribution is 5.77. The van der Waals surface area contributed by atoms with Crippen LogP contribution in [0.2, 0.25) is 0 Å². The summed E-state index contributed by atoms with van der Waals surface area (Å²) in [6, 6.07) is 16.9. The molecule has 2 aromatic carbocycles. The van der Waals surface area contributed by atoms with Crippen LogP contribution in [0.4, 0.5) is 10.2 Å². The SMILES string of the molecule is N#Cc1ccc(COc2cccc(N3CCN(Cc4nc5ccc(C(O)O)cc5n4Cc4ncco4)CC3)n2)c(F)c1. The smallest absolute Gasteiger partial charge is 0.215 e. The van der Waals surface area contributed by atoms with Gasteiger partial charge in [0.15, 0.2) is 6.29 Å². The van der Waals surface area contributed by atoms with E-state index in [-0.39, 0.29) is 12.2 Å². The molecule has 12 heteroatoms. The van der Waals surface area contributed by atoms with Crippen molar-refractivity contribution in [2.45, 2.75) is 26.0 Å². The third kappa shape index (κ3) is 5.94. The summed E-state index contributed by atoms with van der Waals surface area (Å²) in [5.41, 5.74) is 2.53. The van der Waals surface area contributed by atoms with Crippen LogP contribution in [0.1, 0.15) is 34.7 Å².